The lowest BCUT2D eigenvalue weighted by atomic mass is 9.88. The molecule has 0 radical (unpaired) electrons. The smallest absolute Gasteiger partial charge is 0.244 e. The molecule has 2 fully saturated rings. The van der Waals surface area contributed by atoms with Gasteiger partial charge in [-0.3, -0.25) is 4.98 Å². The Hall–Kier alpha value is -2.07. The van der Waals surface area contributed by atoms with E-state index >= 15 is 0 Å². The maximum absolute atomic E-state index is 13.3. The van der Waals surface area contributed by atoms with Crippen LogP contribution in [-0.4, -0.2) is 88.9 Å². The maximum atomic E-state index is 13.3. The molecule has 1 spiro atoms. The molecule has 1 aromatic heterocycles. The Balaban J connectivity index is 0.00000242. The summed E-state index contributed by atoms with van der Waals surface area (Å²) in [5.41, 5.74) is 0.356. The van der Waals surface area contributed by atoms with Gasteiger partial charge in [0.2, 0.25) is 20.0 Å². The first-order valence-electron chi connectivity index (χ1n) is 13.2. The van der Waals surface area contributed by atoms with Gasteiger partial charge in [-0.25, -0.2) is 21.6 Å². The number of para-hydroxylation sites is 1. The van der Waals surface area contributed by atoms with Gasteiger partial charge in [0.1, 0.15) is 23.4 Å². The van der Waals surface area contributed by atoms with Crippen molar-refractivity contribution in [1.82, 2.24) is 19.3 Å². The average molecular weight is 664 g/mol. The van der Waals surface area contributed by atoms with Gasteiger partial charge in [-0.15, -0.1) is 24.8 Å². The fourth-order valence-corrected chi connectivity index (χ4v) is 7.39. The maximum Gasteiger partial charge on any atom is 0.244 e. The van der Waals surface area contributed by atoms with E-state index in [1.54, 1.807) is 18.2 Å². The third kappa shape index (κ3) is 7.71. The van der Waals surface area contributed by atoms with Crippen molar-refractivity contribution in [2.75, 3.05) is 39.9 Å². The molecular weight excluding hydrogens is 627 g/mol. The fraction of sp³-hybridized carbons (Fsp3) is 0.444. The second-order valence-electron chi connectivity index (χ2n) is 10.2. The largest absolute Gasteiger partial charge is 0.491 e. The van der Waals surface area contributed by atoms with Gasteiger partial charge in [0.25, 0.3) is 0 Å². The predicted molar refractivity (Wildman–Crippen MR) is 164 cm³/mol. The molecule has 2 saturated heterocycles. The molecule has 0 amide bonds. The Bertz CT molecular complexity index is 1570. The van der Waals surface area contributed by atoms with Crippen LogP contribution in [-0.2, 0) is 24.8 Å². The molecule has 5 rings (SSSR count). The van der Waals surface area contributed by atoms with E-state index in [1.165, 1.54) is 29.7 Å². The SMILES string of the molecule is CNS(=O)(=O)c1cccc(OCC(O)CN[C@H]2COC3(CCN(S(=O)(=O)c4cnc5ccccc5c4)CC3)C2)c1.Cl.Cl. The molecule has 3 heterocycles. The highest BCUT2D eigenvalue weighted by atomic mass is 35.5. The van der Waals surface area contributed by atoms with Gasteiger partial charge in [0.05, 0.1) is 22.6 Å². The predicted octanol–water partition coefficient (Wildman–Crippen LogP) is 2.33. The fourth-order valence-electron chi connectivity index (χ4n) is 5.20. The molecule has 42 heavy (non-hydrogen) atoms. The summed E-state index contributed by atoms with van der Waals surface area (Å²) in [7, 11) is -5.91. The van der Waals surface area contributed by atoms with Gasteiger partial charge < -0.3 is 19.9 Å². The van der Waals surface area contributed by atoms with Crippen molar-refractivity contribution >= 4 is 55.8 Å². The summed E-state index contributed by atoms with van der Waals surface area (Å²) in [5, 5.41) is 14.5. The van der Waals surface area contributed by atoms with Crippen LogP contribution < -0.4 is 14.8 Å². The van der Waals surface area contributed by atoms with Gasteiger partial charge in [-0.2, -0.15) is 4.31 Å². The van der Waals surface area contributed by atoms with Crippen molar-refractivity contribution in [3.05, 3.63) is 60.8 Å². The highest BCUT2D eigenvalue weighted by molar-refractivity contribution is 7.89. The molecule has 2 aliphatic rings. The highest BCUT2D eigenvalue weighted by Gasteiger charge is 2.44. The number of nitrogens with zero attached hydrogens (tertiary/aromatic N) is 2. The van der Waals surface area contributed by atoms with Crippen LogP contribution >= 0.6 is 24.8 Å². The monoisotopic (exact) mass is 662 g/mol. The Morgan fingerprint density at radius 1 is 1.07 bits per heavy atom. The molecule has 2 aromatic carbocycles. The minimum atomic E-state index is -3.66. The summed E-state index contributed by atoms with van der Waals surface area (Å²) in [6, 6.07) is 15.2. The standard InChI is InChI=1S/C27H34N4O7S2.2ClH/c1-28-39(33,34)24-7-4-6-23(14-24)37-19-22(32)16-29-21-15-27(38-18-21)9-11-31(12-10-27)40(35,36)25-13-20-5-2-3-8-26(20)30-17-25;;/h2-8,13-14,17,21-22,28-29,32H,9-12,15-16,18-19H2,1H3;2*1H/t21-,22?;;/m1../s1. The molecule has 2 aliphatic heterocycles. The molecule has 15 heteroatoms. The van der Waals surface area contributed by atoms with E-state index in [1.807, 2.05) is 24.3 Å². The normalized spacial score (nSPS) is 19.6. The van der Waals surface area contributed by atoms with Crippen LogP contribution in [0.4, 0.5) is 0 Å². The Morgan fingerprint density at radius 2 is 1.81 bits per heavy atom. The number of piperidine rings is 1. The van der Waals surface area contributed by atoms with Crippen LogP contribution in [0, 0.1) is 0 Å². The number of sulfonamides is 2. The molecule has 3 N–H and O–H groups in total. The number of hydrogen-bond donors (Lipinski definition) is 3. The Kier molecular flexibility index (Phi) is 11.6. The minimum absolute atomic E-state index is 0. The number of aliphatic hydroxyl groups is 1. The van der Waals surface area contributed by atoms with E-state index in [2.05, 4.69) is 15.0 Å². The first-order chi connectivity index (χ1) is 19.1. The number of ether oxygens (including phenoxy) is 2. The second kappa shape index (κ2) is 14.1. The van der Waals surface area contributed by atoms with Gasteiger partial charge >= 0.3 is 0 Å². The summed E-state index contributed by atoms with van der Waals surface area (Å²) in [5.74, 6) is 0.347. The van der Waals surface area contributed by atoms with E-state index in [-0.39, 0.29) is 53.8 Å². The van der Waals surface area contributed by atoms with Crippen molar-refractivity contribution in [2.45, 2.75) is 46.8 Å². The number of hydrogen-bond acceptors (Lipinski definition) is 9. The molecule has 3 aromatic rings. The molecule has 1 unspecified atom stereocenters. The Labute approximate surface area is 258 Å². The van der Waals surface area contributed by atoms with Gasteiger partial charge in [0, 0.05) is 43.3 Å². The zero-order valence-corrected chi connectivity index (χ0v) is 26.3. The lowest BCUT2D eigenvalue weighted by molar-refractivity contribution is -0.0312. The molecule has 0 aliphatic carbocycles. The quantitative estimate of drug-likeness (QED) is 0.298. The van der Waals surface area contributed by atoms with Crippen LogP contribution in [0.25, 0.3) is 10.9 Å². The number of fused-ring (bicyclic) bond motifs is 1. The average Bonchev–Trinajstić information content (AvgIpc) is 3.37. The third-order valence-electron chi connectivity index (χ3n) is 7.51. The number of aliphatic hydroxyl groups excluding tert-OH is 1. The second-order valence-corrected chi connectivity index (χ2v) is 14.0. The van der Waals surface area contributed by atoms with Crippen molar-refractivity contribution in [2.24, 2.45) is 0 Å². The van der Waals surface area contributed by atoms with E-state index in [4.69, 9.17) is 9.47 Å². The number of pyridine rings is 1. The lowest BCUT2D eigenvalue weighted by Crippen LogP contribution is -2.47. The van der Waals surface area contributed by atoms with E-state index in [9.17, 15) is 21.9 Å². The number of aromatic nitrogens is 1. The van der Waals surface area contributed by atoms with Gasteiger partial charge in [-0.05, 0) is 50.6 Å². The van der Waals surface area contributed by atoms with Gasteiger partial charge in [0.15, 0.2) is 0 Å². The van der Waals surface area contributed by atoms with E-state index in [0.717, 1.165) is 17.3 Å². The van der Waals surface area contributed by atoms with Crippen LogP contribution in [0.2, 0.25) is 0 Å². The van der Waals surface area contributed by atoms with Crippen LogP contribution in [0.3, 0.4) is 0 Å². The molecule has 232 valence electrons. The minimum Gasteiger partial charge on any atom is -0.491 e. The van der Waals surface area contributed by atoms with Crippen LogP contribution in [0.5, 0.6) is 5.75 Å². The third-order valence-corrected chi connectivity index (χ3v) is 10.8. The first-order valence-corrected chi connectivity index (χ1v) is 16.1. The number of rotatable bonds is 10. The molecule has 0 saturated carbocycles. The van der Waals surface area contributed by atoms with E-state index < -0.39 is 31.8 Å². The zero-order valence-electron chi connectivity index (χ0n) is 23.0. The number of halogens is 2. The topological polar surface area (TPSA) is 147 Å². The van der Waals surface area contributed by atoms with Gasteiger partial charge in [-0.1, -0.05) is 24.3 Å². The van der Waals surface area contributed by atoms with Crippen molar-refractivity contribution in [1.29, 1.82) is 0 Å². The number of benzene rings is 2. The summed E-state index contributed by atoms with van der Waals surface area (Å²) >= 11 is 0. The highest BCUT2D eigenvalue weighted by Crippen LogP contribution is 2.37. The van der Waals surface area contributed by atoms with Crippen molar-refractivity contribution in [3.8, 4) is 5.75 Å². The zero-order chi connectivity index (χ0) is 28.4. The van der Waals surface area contributed by atoms with E-state index in [0.29, 0.717) is 38.3 Å². The molecule has 2 atom stereocenters. The molecule has 0 bridgehead atoms. The summed E-state index contributed by atoms with van der Waals surface area (Å²) in [6.07, 6.45) is 2.50. The number of nitrogens with one attached hydrogen (secondary N) is 2. The summed E-state index contributed by atoms with van der Waals surface area (Å²) in [6.45, 7) is 1.46. The van der Waals surface area contributed by atoms with Crippen LogP contribution in [0.1, 0.15) is 19.3 Å². The molecular formula is C27H36Cl2N4O7S2. The first kappa shape index (κ1) is 34.4. The summed E-state index contributed by atoms with van der Waals surface area (Å²) in [4.78, 5) is 4.59. The van der Waals surface area contributed by atoms with Crippen LogP contribution in [0.15, 0.2) is 70.6 Å². The lowest BCUT2D eigenvalue weighted by Gasteiger charge is -2.38. The summed E-state index contributed by atoms with van der Waals surface area (Å²) < 4.78 is 66.0. The van der Waals surface area contributed by atoms with Crippen molar-refractivity contribution < 1.29 is 31.4 Å². The molecule has 11 nitrogen and oxygen atoms in total. The van der Waals surface area contributed by atoms with Crippen molar-refractivity contribution in [3.63, 3.8) is 0 Å². The Morgan fingerprint density at radius 3 is 2.55 bits per heavy atom.